The fourth-order valence-corrected chi connectivity index (χ4v) is 2.47. The van der Waals surface area contributed by atoms with Gasteiger partial charge < -0.3 is 10.6 Å². The molecular formula is C17H18ClN3O. The van der Waals surface area contributed by atoms with Gasteiger partial charge in [-0.3, -0.25) is 9.78 Å². The number of benzene rings is 1. The summed E-state index contributed by atoms with van der Waals surface area (Å²) in [6.07, 6.45) is 3.21. The molecule has 0 fully saturated rings. The minimum atomic E-state index is -0.240. The highest BCUT2D eigenvalue weighted by Gasteiger charge is 2.09. The summed E-state index contributed by atoms with van der Waals surface area (Å²) in [5.74, 6) is -0.240. The Morgan fingerprint density at radius 3 is 2.82 bits per heavy atom. The van der Waals surface area contributed by atoms with E-state index in [1.807, 2.05) is 26.0 Å². The fourth-order valence-electron chi connectivity index (χ4n) is 2.11. The molecule has 0 aliphatic rings. The number of hydrogen-bond acceptors (Lipinski definition) is 3. The number of rotatable bonds is 5. The SMILES string of the molecule is C=CCNC(=O)c1cc(Nc2c(C)cc(C)cc2Cl)ccn1. The van der Waals surface area contributed by atoms with Crippen molar-refractivity contribution in [1.82, 2.24) is 10.3 Å². The molecule has 114 valence electrons. The van der Waals surface area contributed by atoms with Crippen LogP contribution in [0.3, 0.4) is 0 Å². The molecular weight excluding hydrogens is 298 g/mol. The predicted molar refractivity (Wildman–Crippen MR) is 91.0 cm³/mol. The molecule has 2 N–H and O–H groups in total. The number of carbonyl (C=O) groups excluding carboxylic acids is 1. The molecule has 0 atom stereocenters. The molecule has 1 amide bonds. The first-order chi connectivity index (χ1) is 10.5. The van der Waals surface area contributed by atoms with E-state index in [2.05, 4.69) is 22.2 Å². The zero-order valence-electron chi connectivity index (χ0n) is 12.6. The quantitative estimate of drug-likeness (QED) is 0.820. The zero-order chi connectivity index (χ0) is 16.1. The van der Waals surface area contributed by atoms with Gasteiger partial charge >= 0.3 is 0 Å². The average Bonchev–Trinajstić information content (AvgIpc) is 2.48. The Bertz CT molecular complexity index is 690. The highest BCUT2D eigenvalue weighted by Crippen LogP contribution is 2.30. The number of nitrogens with one attached hydrogen (secondary N) is 2. The summed E-state index contributed by atoms with van der Waals surface area (Å²) >= 11 is 6.29. The van der Waals surface area contributed by atoms with Gasteiger partial charge in [-0.25, -0.2) is 0 Å². The lowest BCUT2D eigenvalue weighted by Crippen LogP contribution is -2.24. The molecule has 0 radical (unpaired) electrons. The molecule has 0 unspecified atom stereocenters. The van der Waals surface area contributed by atoms with E-state index < -0.39 is 0 Å². The van der Waals surface area contributed by atoms with E-state index in [4.69, 9.17) is 11.6 Å². The van der Waals surface area contributed by atoms with Crippen LogP contribution >= 0.6 is 11.6 Å². The predicted octanol–water partition coefficient (Wildman–Crippen LogP) is 4.01. The third-order valence-electron chi connectivity index (χ3n) is 3.10. The maximum Gasteiger partial charge on any atom is 0.270 e. The molecule has 0 saturated heterocycles. The van der Waals surface area contributed by atoms with Crippen LogP contribution in [-0.4, -0.2) is 17.4 Å². The maximum atomic E-state index is 11.9. The molecule has 0 saturated carbocycles. The summed E-state index contributed by atoms with van der Waals surface area (Å²) < 4.78 is 0. The molecule has 2 rings (SSSR count). The first-order valence-corrected chi connectivity index (χ1v) is 7.28. The first-order valence-electron chi connectivity index (χ1n) is 6.90. The Morgan fingerprint density at radius 1 is 1.36 bits per heavy atom. The third-order valence-corrected chi connectivity index (χ3v) is 3.40. The number of carbonyl (C=O) groups is 1. The van der Waals surface area contributed by atoms with Crippen LogP contribution in [0.1, 0.15) is 21.6 Å². The largest absolute Gasteiger partial charge is 0.354 e. The van der Waals surface area contributed by atoms with Crippen molar-refractivity contribution in [2.45, 2.75) is 13.8 Å². The Balaban J connectivity index is 2.24. The van der Waals surface area contributed by atoms with Gasteiger partial charge in [0.15, 0.2) is 0 Å². The van der Waals surface area contributed by atoms with Gasteiger partial charge in [-0.1, -0.05) is 23.7 Å². The monoisotopic (exact) mass is 315 g/mol. The summed E-state index contributed by atoms with van der Waals surface area (Å²) in [7, 11) is 0. The van der Waals surface area contributed by atoms with Gasteiger partial charge in [0.25, 0.3) is 5.91 Å². The Morgan fingerprint density at radius 2 is 2.14 bits per heavy atom. The number of aryl methyl sites for hydroxylation is 2. The van der Waals surface area contributed by atoms with Crippen molar-refractivity contribution in [2.24, 2.45) is 0 Å². The molecule has 1 aromatic carbocycles. The number of anilines is 2. The van der Waals surface area contributed by atoms with E-state index >= 15 is 0 Å². The summed E-state index contributed by atoms with van der Waals surface area (Å²) in [5, 5.41) is 6.59. The number of pyridine rings is 1. The summed E-state index contributed by atoms with van der Waals surface area (Å²) in [6, 6.07) is 7.43. The topological polar surface area (TPSA) is 54.0 Å². The highest BCUT2D eigenvalue weighted by atomic mass is 35.5. The Labute approximate surface area is 135 Å². The van der Waals surface area contributed by atoms with E-state index in [-0.39, 0.29) is 5.91 Å². The van der Waals surface area contributed by atoms with Crippen LogP contribution in [0.15, 0.2) is 43.1 Å². The second kappa shape index (κ2) is 7.09. The minimum absolute atomic E-state index is 0.240. The van der Waals surface area contributed by atoms with Gasteiger partial charge in [0, 0.05) is 18.4 Å². The normalized spacial score (nSPS) is 10.1. The van der Waals surface area contributed by atoms with Crippen LogP contribution < -0.4 is 10.6 Å². The Kier molecular flexibility index (Phi) is 5.17. The van der Waals surface area contributed by atoms with Crippen LogP contribution in [0, 0.1) is 13.8 Å². The Hall–Kier alpha value is -2.33. The highest BCUT2D eigenvalue weighted by molar-refractivity contribution is 6.33. The van der Waals surface area contributed by atoms with E-state index in [9.17, 15) is 4.79 Å². The van der Waals surface area contributed by atoms with Gasteiger partial charge in [0.2, 0.25) is 0 Å². The van der Waals surface area contributed by atoms with Crippen molar-refractivity contribution in [1.29, 1.82) is 0 Å². The molecule has 0 spiro atoms. The number of hydrogen-bond donors (Lipinski definition) is 2. The zero-order valence-corrected chi connectivity index (χ0v) is 13.4. The summed E-state index contributed by atoms with van der Waals surface area (Å²) in [6.45, 7) is 7.95. The van der Waals surface area contributed by atoms with Crippen molar-refractivity contribution in [2.75, 3.05) is 11.9 Å². The smallest absolute Gasteiger partial charge is 0.270 e. The molecule has 22 heavy (non-hydrogen) atoms. The van der Waals surface area contributed by atoms with Crippen LogP contribution in [0.2, 0.25) is 5.02 Å². The number of nitrogens with zero attached hydrogens (tertiary/aromatic N) is 1. The van der Waals surface area contributed by atoms with Crippen LogP contribution in [-0.2, 0) is 0 Å². The maximum absolute atomic E-state index is 11.9. The second-order valence-electron chi connectivity index (χ2n) is 4.99. The van der Waals surface area contributed by atoms with Gasteiger partial charge in [-0.2, -0.15) is 0 Å². The second-order valence-corrected chi connectivity index (χ2v) is 5.40. The summed E-state index contributed by atoms with van der Waals surface area (Å²) in [4.78, 5) is 16.0. The van der Waals surface area contributed by atoms with Gasteiger partial charge in [0.1, 0.15) is 5.69 Å². The number of amides is 1. The lowest BCUT2D eigenvalue weighted by atomic mass is 10.1. The van der Waals surface area contributed by atoms with Crippen molar-refractivity contribution in [3.63, 3.8) is 0 Å². The molecule has 5 heteroatoms. The standard InChI is InChI=1S/C17H18ClN3O/c1-4-6-20-17(22)15-10-13(5-7-19-15)21-16-12(3)8-11(2)9-14(16)18/h4-5,7-10H,1,6H2,2-3H3,(H,19,21)(H,20,22). The van der Waals surface area contributed by atoms with Gasteiger partial charge in [0.05, 0.1) is 10.7 Å². The molecule has 2 aromatic rings. The fraction of sp³-hybridized carbons (Fsp3) is 0.176. The first kappa shape index (κ1) is 16.0. The van der Waals surface area contributed by atoms with Gasteiger partial charge in [-0.15, -0.1) is 6.58 Å². The van der Waals surface area contributed by atoms with Crippen molar-refractivity contribution in [3.8, 4) is 0 Å². The van der Waals surface area contributed by atoms with Gasteiger partial charge in [-0.05, 0) is 43.2 Å². The molecule has 1 aromatic heterocycles. The van der Waals surface area contributed by atoms with E-state index in [1.54, 1.807) is 24.4 Å². The van der Waals surface area contributed by atoms with Crippen molar-refractivity contribution in [3.05, 3.63) is 65.0 Å². The lowest BCUT2D eigenvalue weighted by Gasteiger charge is -2.13. The van der Waals surface area contributed by atoms with E-state index in [0.29, 0.717) is 17.3 Å². The van der Waals surface area contributed by atoms with Crippen LogP contribution in [0.4, 0.5) is 11.4 Å². The van der Waals surface area contributed by atoms with E-state index in [0.717, 1.165) is 22.5 Å². The van der Waals surface area contributed by atoms with Crippen LogP contribution in [0.25, 0.3) is 0 Å². The molecule has 0 bridgehead atoms. The van der Waals surface area contributed by atoms with Crippen molar-refractivity contribution < 1.29 is 4.79 Å². The third kappa shape index (κ3) is 3.86. The lowest BCUT2D eigenvalue weighted by molar-refractivity contribution is 0.0953. The average molecular weight is 316 g/mol. The minimum Gasteiger partial charge on any atom is -0.354 e. The molecule has 0 aliphatic carbocycles. The summed E-state index contributed by atoms with van der Waals surface area (Å²) in [5.41, 5.74) is 4.07. The van der Waals surface area contributed by atoms with Crippen LogP contribution in [0.5, 0.6) is 0 Å². The van der Waals surface area contributed by atoms with Crippen molar-refractivity contribution >= 4 is 28.9 Å². The molecule has 1 heterocycles. The molecule has 4 nitrogen and oxygen atoms in total. The molecule has 0 aliphatic heterocycles. The number of halogens is 1. The van der Waals surface area contributed by atoms with E-state index in [1.165, 1.54) is 0 Å². The number of aromatic nitrogens is 1.